The molecule has 0 unspecified atom stereocenters. The zero-order valence-electron chi connectivity index (χ0n) is 15.7. The molecule has 0 aromatic heterocycles. The Labute approximate surface area is 167 Å². The van der Waals surface area contributed by atoms with Crippen molar-refractivity contribution in [2.75, 3.05) is 0 Å². The van der Waals surface area contributed by atoms with Crippen LogP contribution < -0.4 is 10.2 Å². The zero-order valence-corrected chi connectivity index (χ0v) is 15.7. The molecule has 3 aromatic rings. The van der Waals surface area contributed by atoms with Crippen LogP contribution in [0.2, 0.25) is 0 Å². The van der Waals surface area contributed by atoms with E-state index in [2.05, 4.69) is 10.5 Å². The van der Waals surface area contributed by atoms with Crippen LogP contribution in [0.1, 0.15) is 27.0 Å². The van der Waals surface area contributed by atoms with Crippen molar-refractivity contribution in [2.24, 2.45) is 5.10 Å². The van der Waals surface area contributed by atoms with Crippen molar-refractivity contribution < 1.29 is 14.5 Å². The first kappa shape index (κ1) is 19.8. The van der Waals surface area contributed by atoms with Gasteiger partial charge < -0.3 is 4.74 Å². The van der Waals surface area contributed by atoms with E-state index in [1.54, 1.807) is 42.6 Å². The molecule has 0 aliphatic heterocycles. The Bertz CT molecular complexity index is 1030. The highest BCUT2D eigenvalue weighted by Crippen LogP contribution is 2.16. The smallest absolute Gasteiger partial charge is 0.271 e. The predicted octanol–water partition coefficient (Wildman–Crippen LogP) is 4.25. The first-order valence-electron chi connectivity index (χ1n) is 8.88. The number of nitro groups is 1. The topological polar surface area (TPSA) is 93.8 Å². The molecule has 0 bridgehead atoms. The van der Waals surface area contributed by atoms with Crippen LogP contribution in [0.3, 0.4) is 0 Å². The van der Waals surface area contributed by atoms with Gasteiger partial charge in [-0.2, -0.15) is 5.10 Å². The lowest BCUT2D eigenvalue weighted by Crippen LogP contribution is -2.18. The fourth-order valence-electron chi connectivity index (χ4n) is 2.58. The van der Waals surface area contributed by atoms with Crippen LogP contribution in [0.4, 0.5) is 5.69 Å². The van der Waals surface area contributed by atoms with Gasteiger partial charge in [-0.1, -0.05) is 18.2 Å². The molecule has 0 heterocycles. The van der Waals surface area contributed by atoms with Gasteiger partial charge in [-0.15, -0.1) is 0 Å². The van der Waals surface area contributed by atoms with Crippen molar-refractivity contribution in [1.82, 2.24) is 5.43 Å². The quantitative estimate of drug-likeness (QED) is 0.371. The van der Waals surface area contributed by atoms with Crippen molar-refractivity contribution in [3.63, 3.8) is 0 Å². The van der Waals surface area contributed by atoms with Gasteiger partial charge in [0.05, 0.1) is 11.1 Å². The van der Waals surface area contributed by atoms with Crippen LogP contribution in [-0.2, 0) is 6.61 Å². The Hall–Kier alpha value is -4.00. The molecule has 0 radical (unpaired) electrons. The number of nitrogens with one attached hydrogen (secondary N) is 1. The molecular weight excluding hydrogens is 370 g/mol. The summed E-state index contributed by atoms with van der Waals surface area (Å²) >= 11 is 0. The van der Waals surface area contributed by atoms with E-state index in [0.717, 1.165) is 16.7 Å². The maximum absolute atomic E-state index is 12.1. The third kappa shape index (κ3) is 5.49. The van der Waals surface area contributed by atoms with Crippen LogP contribution in [-0.4, -0.2) is 17.0 Å². The molecule has 0 aliphatic carbocycles. The van der Waals surface area contributed by atoms with Crippen molar-refractivity contribution in [3.8, 4) is 5.75 Å². The Balaban J connectivity index is 1.52. The molecule has 3 aromatic carbocycles. The van der Waals surface area contributed by atoms with E-state index in [1.807, 2.05) is 31.2 Å². The highest BCUT2D eigenvalue weighted by Gasteiger charge is 2.06. The first-order chi connectivity index (χ1) is 14.0. The third-order valence-corrected chi connectivity index (χ3v) is 4.20. The molecule has 3 rings (SSSR count). The molecule has 0 aliphatic rings. The van der Waals surface area contributed by atoms with E-state index in [9.17, 15) is 14.9 Å². The molecular formula is C22H19N3O4. The molecule has 0 saturated carbocycles. The van der Waals surface area contributed by atoms with E-state index >= 15 is 0 Å². The highest BCUT2D eigenvalue weighted by molar-refractivity contribution is 5.96. The Kier molecular flexibility index (Phi) is 6.32. The second-order valence-corrected chi connectivity index (χ2v) is 6.30. The third-order valence-electron chi connectivity index (χ3n) is 4.20. The first-order valence-corrected chi connectivity index (χ1v) is 8.88. The molecule has 0 saturated heterocycles. The van der Waals surface area contributed by atoms with Crippen molar-refractivity contribution in [2.45, 2.75) is 13.5 Å². The average molecular weight is 389 g/mol. The zero-order chi connectivity index (χ0) is 20.6. The fourth-order valence-corrected chi connectivity index (χ4v) is 2.58. The van der Waals surface area contributed by atoms with Crippen molar-refractivity contribution >= 4 is 17.8 Å². The summed E-state index contributed by atoms with van der Waals surface area (Å²) in [4.78, 5) is 22.3. The number of hydrazone groups is 1. The van der Waals surface area contributed by atoms with E-state index in [0.29, 0.717) is 17.9 Å². The summed E-state index contributed by atoms with van der Waals surface area (Å²) in [5, 5.41) is 14.6. The number of amides is 1. The number of hydrogen-bond acceptors (Lipinski definition) is 5. The van der Waals surface area contributed by atoms with E-state index in [-0.39, 0.29) is 11.6 Å². The molecule has 146 valence electrons. The lowest BCUT2D eigenvalue weighted by molar-refractivity contribution is -0.384. The predicted molar refractivity (Wildman–Crippen MR) is 110 cm³/mol. The average Bonchev–Trinajstić information content (AvgIpc) is 2.73. The minimum absolute atomic E-state index is 0.0481. The Morgan fingerprint density at radius 3 is 2.41 bits per heavy atom. The minimum Gasteiger partial charge on any atom is -0.489 e. The number of carbonyl (C=O) groups excluding carboxylic acids is 1. The number of non-ortho nitro benzene ring substituents is 1. The van der Waals surface area contributed by atoms with E-state index in [1.165, 1.54) is 12.1 Å². The lowest BCUT2D eigenvalue weighted by Gasteiger charge is -2.06. The molecule has 0 spiro atoms. The monoisotopic (exact) mass is 389 g/mol. The number of ether oxygens (including phenoxy) is 1. The molecule has 1 amide bonds. The highest BCUT2D eigenvalue weighted by atomic mass is 16.6. The van der Waals surface area contributed by atoms with Gasteiger partial charge in [0.15, 0.2) is 0 Å². The van der Waals surface area contributed by atoms with Gasteiger partial charge in [0.1, 0.15) is 12.4 Å². The minimum atomic E-state index is -0.436. The summed E-state index contributed by atoms with van der Waals surface area (Å²) in [6.07, 6.45) is 1.55. The number of rotatable bonds is 7. The number of benzene rings is 3. The van der Waals surface area contributed by atoms with E-state index < -0.39 is 4.92 Å². The Morgan fingerprint density at radius 1 is 1.07 bits per heavy atom. The van der Waals surface area contributed by atoms with Gasteiger partial charge >= 0.3 is 0 Å². The van der Waals surface area contributed by atoms with Gasteiger partial charge in [-0.25, -0.2) is 5.43 Å². The second kappa shape index (κ2) is 9.27. The van der Waals surface area contributed by atoms with E-state index in [4.69, 9.17) is 4.74 Å². The Morgan fingerprint density at radius 2 is 1.76 bits per heavy atom. The number of aryl methyl sites for hydroxylation is 1. The normalized spacial score (nSPS) is 10.7. The van der Waals surface area contributed by atoms with Gasteiger partial charge in [0.25, 0.3) is 11.6 Å². The molecule has 7 heteroatoms. The summed E-state index contributed by atoms with van der Waals surface area (Å²) in [6.45, 7) is 2.17. The molecule has 29 heavy (non-hydrogen) atoms. The second-order valence-electron chi connectivity index (χ2n) is 6.30. The van der Waals surface area contributed by atoms with Crippen molar-refractivity contribution in [1.29, 1.82) is 0 Å². The number of carbonyl (C=O) groups is 1. The van der Waals surface area contributed by atoms with Crippen LogP contribution in [0.5, 0.6) is 5.75 Å². The summed E-state index contributed by atoms with van der Waals surface area (Å²) in [5.41, 5.74) is 5.67. The van der Waals surface area contributed by atoms with Crippen LogP contribution in [0, 0.1) is 17.0 Å². The summed E-state index contributed by atoms with van der Waals surface area (Å²) in [5.74, 6) is 0.395. The number of nitro benzene ring substituents is 1. The molecule has 0 atom stereocenters. The van der Waals surface area contributed by atoms with Gasteiger partial charge in [0, 0.05) is 17.7 Å². The SMILES string of the molecule is Cc1ccccc1C(=O)N/N=C\c1ccc(OCc2ccc([N+](=O)[O-])cc2)cc1. The number of hydrogen-bond donors (Lipinski definition) is 1. The number of nitrogens with zero attached hydrogens (tertiary/aromatic N) is 2. The van der Waals surface area contributed by atoms with Crippen LogP contribution in [0.15, 0.2) is 77.9 Å². The van der Waals surface area contributed by atoms with Gasteiger partial charge in [-0.3, -0.25) is 14.9 Å². The van der Waals surface area contributed by atoms with Gasteiger partial charge in [0.2, 0.25) is 0 Å². The standard InChI is InChI=1S/C22H19N3O4/c1-16-4-2-3-5-21(16)22(26)24-23-14-17-8-12-20(13-9-17)29-15-18-6-10-19(11-7-18)25(27)28/h2-14H,15H2,1H3,(H,24,26)/b23-14-. The van der Waals surface area contributed by atoms with Crippen LogP contribution >= 0.6 is 0 Å². The molecule has 0 fully saturated rings. The lowest BCUT2D eigenvalue weighted by atomic mass is 10.1. The summed E-state index contributed by atoms with van der Waals surface area (Å²) in [7, 11) is 0. The molecule has 7 nitrogen and oxygen atoms in total. The summed E-state index contributed by atoms with van der Waals surface area (Å²) in [6, 6.07) is 20.7. The largest absolute Gasteiger partial charge is 0.489 e. The van der Waals surface area contributed by atoms with Crippen LogP contribution in [0.25, 0.3) is 0 Å². The van der Waals surface area contributed by atoms with Gasteiger partial charge in [-0.05, 0) is 66.1 Å². The maximum Gasteiger partial charge on any atom is 0.271 e. The summed E-state index contributed by atoms with van der Waals surface area (Å²) < 4.78 is 5.68. The fraction of sp³-hybridized carbons (Fsp3) is 0.0909. The van der Waals surface area contributed by atoms with Crippen molar-refractivity contribution in [3.05, 3.63) is 105 Å². The maximum atomic E-state index is 12.1. The molecule has 1 N–H and O–H groups in total.